The largest absolute Gasteiger partial charge is 0.383 e. The number of hydrogen-bond acceptors (Lipinski definition) is 5. The highest BCUT2D eigenvalue weighted by Gasteiger charge is 2.28. The number of aliphatic hydroxyl groups is 1. The van der Waals surface area contributed by atoms with Crippen LogP contribution in [0.15, 0.2) is 64.8 Å². The van der Waals surface area contributed by atoms with E-state index in [0.717, 1.165) is 4.88 Å². The molecule has 4 aromatic rings. The third-order valence-electron chi connectivity index (χ3n) is 3.93. The van der Waals surface area contributed by atoms with Crippen LogP contribution in [0.3, 0.4) is 0 Å². The molecule has 0 radical (unpaired) electrons. The van der Waals surface area contributed by atoms with Crippen molar-refractivity contribution in [1.29, 1.82) is 0 Å². The van der Waals surface area contributed by atoms with E-state index in [1.165, 1.54) is 11.3 Å². The molecule has 0 aliphatic heterocycles. The first kappa shape index (κ1) is 17.2. The van der Waals surface area contributed by atoms with E-state index in [9.17, 15) is 5.11 Å². The standard InChI is InChI=1S/C19H12Cl2N2O2S/c20-12-5-6-13(14(21)9-12)17-16(18(24)11-3-1-7-22-10-11)19(25-23-17)15-4-2-8-26-15/h1-10,18,24H. The van der Waals surface area contributed by atoms with Gasteiger partial charge in [0.25, 0.3) is 0 Å². The Balaban J connectivity index is 1.93. The maximum absolute atomic E-state index is 11.0. The topological polar surface area (TPSA) is 59.2 Å². The molecular weight excluding hydrogens is 391 g/mol. The minimum absolute atomic E-state index is 0.433. The lowest BCUT2D eigenvalue weighted by Crippen LogP contribution is -2.02. The molecule has 1 atom stereocenters. The monoisotopic (exact) mass is 402 g/mol. The molecule has 0 aliphatic rings. The molecule has 0 bridgehead atoms. The smallest absolute Gasteiger partial charge is 0.183 e. The zero-order chi connectivity index (χ0) is 18.1. The van der Waals surface area contributed by atoms with Crippen LogP contribution in [0.25, 0.3) is 21.9 Å². The van der Waals surface area contributed by atoms with Crippen molar-refractivity contribution in [2.24, 2.45) is 0 Å². The van der Waals surface area contributed by atoms with Gasteiger partial charge < -0.3 is 9.63 Å². The van der Waals surface area contributed by atoms with Crippen molar-refractivity contribution in [2.45, 2.75) is 6.10 Å². The second kappa shape index (κ2) is 7.21. The van der Waals surface area contributed by atoms with Crippen LogP contribution in [0, 0.1) is 0 Å². The van der Waals surface area contributed by atoms with Gasteiger partial charge in [0, 0.05) is 28.5 Å². The second-order valence-electron chi connectivity index (χ2n) is 5.56. The molecule has 0 saturated carbocycles. The van der Waals surface area contributed by atoms with E-state index >= 15 is 0 Å². The van der Waals surface area contributed by atoms with Crippen LogP contribution in [0.4, 0.5) is 0 Å². The van der Waals surface area contributed by atoms with Crippen LogP contribution in [-0.2, 0) is 0 Å². The SMILES string of the molecule is OC(c1cccnc1)c1c(-c2ccc(Cl)cc2Cl)noc1-c1cccs1. The third kappa shape index (κ3) is 3.15. The predicted molar refractivity (Wildman–Crippen MR) is 104 cm³/mol. The van der Waals surface area contributed by atoms with Crippen molar-refractivity contribution < 1.29 is 9.63 Å². The van der Waals surface area contributed by atoms with Crippen molar-refractivity contribution in [3.63, 3.8) is 0 Å². The van der Waals surface area contributed by atoms with Crippen LogP contribution >= 0.6 is 34.5 Å². The average molecular weight is 403 g/mol. The van der Waals surface area contributed by atoms with Gasteiger partial charge in [0.05, 0.1) is 15.5 Å². The molecular formula is C19H12Cl2N2O2S. The van der Waals surface area contributed by atoms with Gasteiger partial charge in [-0.15, -0.1) is 11.3 Å². The summed E-state index contributed by atoms with van der Waals surface area (Å²) in [5.74, 6) is 0.511. The van der Waals surface area contributed by atoms with Gasteiger partial charge in [-0.25, -0.2) is 0 Å². The number of benzene rings is 1. The van der Waals surface area contributed by atoms with Gasteiger partial charge in [0.1, 0.15) is 11.8 Å². The van der Waals surface area contributed by atoms with E-state index in [1.807, 2.05) is 17.5 Å². The van der Waals surface area contributed by atoms with E-state index in [2.05, 4.69) is 10.1 Å². The normalized spacial score (nSPS) is 12.3. The molecule has 4 nitrogen and oxygen atoms in total. The van der Waals surface area contributed by atoms with Gasteiger partial charge in [-0.3, -0.25) is 4.98 Å². The third-order valence-corrected chi connectivity index (χ3v) is 5.35. The molecule has 1 unspecified atom stereocenters. The summed E-state index contributed by atoms with van der Waals surface area (Å²) < 4.78 is 5.61. The fraction of sp³-hybridized carbons (Fsp3) is 0.0526. The lowest BCUT2D eigenvalue weighted by molar-refractivity contribution is 0.220. The Labute approximate surface area is 163 Å². The molecule has 0 saturated heterocycles. The number of rotatable bonds is 4. The first-order chi connectivity index (χ1) is 12.6. The minimum Gasteiger partial charge on any atom is -0.383 e. The molecule has 0 aliphatic carbocycles. The van der Waals surface area contributed by atoms with Crippen molar-refractivity contribution in [2.75, 3.05) is 0 Å². The summed E-state index contributed by atoms with van der Waals surface area (Å²) in [6.07, 6.45) is 2.30. The van der Waals surface area contributed by atoms with Gasteiger partial charge in [0.2, 0.25) is 0 Å². The number of pyridine rings is 1. The maximum Gasteiger partial charge on any atom is 0.183 e. The summed E-state index contributed by atoms with van der Waals surface area (Å²) in [6.45, 7) is 0. The first-order valence-electron chi connectivity index (χ1n) is 7.72. The van der Waals surface area contributed by atoms with E-state index in [-0.39, 0.29) is 0 Å². The van der Waals surface area contributed by atoms with E-state index in [1.54, 1.807) is 42.7 Å². The number of nitrogens with zero attached hydrogens (tertiary/aromatic N) is 2. The number of halogens is 2. The molecule has 130 valence electrons. The van der Waals surface area contributed by atoms with Crippen LogP contribution in [0.5, 0.6) is 0 Å². The molecule has 1 aromatic carbocycles. The lowest BCUT2D eigenvalue weighted by atomic mass is 9.97. The Hall–Kier alpha value is -2.18. The maximum atomic E-state index is 11.0. The Bertz CT molecular complexity index is 1030. The van der Waals surface area contributed by atoms with Crippen molar-refractivity contribution in [3.05, 3.63) is 81.4 Å². The molecule has 3 aromatic heterocycles. The van der Waals surface area contributed by atoms with Crippen molar-refractivity contribution in [3.8, 4) is 21.9 Å². The number of aromatic nitrogens is 2. The molecule has 0 fully saturated rings. The van der Waals surface area contributed by atoms with E-state index in [0.29, 0.717) is 38.2 Å². The highest BCUT2D eigenvalue weighted by atomic mass is 35.5. The second-order valence-corrected chi connectivity index (χ2v) is 7.36. The van der Waals surface area contributed by atoms with E-state index < -0.39 is 6.10 Å². The zero-order valence-corrected chi connectivity index (χ0v) is 15.6. The molecule has 3 heterocycles. The van der Waals surface area contributed by atoms with Crippen LogP contribution in [-0.4, -0.2) is 15.2 Å². The van der Waals surface area contributed by atoms with Crippen LogP contribution < -0.4 is 0 Å². The van der Waals surface area contributed by atoms with Gasteiger partial charge in [-0.2, -0.15) is 0 Å². The fourth-order valence-electron chi connectivity index (χ4n) is 2.72. The molecule has 1 N–H and O–H groups in total. The Morgan fingerprint density at radius 2 is 2.00 bits per heavy atom. The summed E-state index contributed by atoms with van der Waals surface area (Å²) in [5.41, 5.74) is 2.30. The van der Waals surface area contributed by atoms with Gasteiger partial charge in [-0.05, 0) is 35.7 Å². The summed E-state index contributed by atoms with van der Waals surface area (Å²) in [4.78, 5) is 4.96. The highest BCUT2D eigenvalue weighted by Crippen LogP contribution is 2.42. The Morgan fingerprint density at radius 3 is 2.69 bits per heavy atom. The summed E-state index contributed by atoms with van der Waals surface area (Å²) in [7, 11) is 0. The lowest BCUT2D eigenvalue weighted by Gasteiger charge is -2.12. The highest BCUT2D eigenvalue weighted by molar-refractivity contribution is 7.13. The Morgan fingerprint density at radius 1 is 1.12 bits per heavy atom. The molecule has 0 amide bonds. The predicted octanol–water partition coefficient (Wildman–Crippen LogP) is 5.85. The first-order valence-corrected chi connectivity index (χ1v) is 9.35. The van der Waals surface area contributed by atoms with E-state index in [4.69, 9.17) is 27.7 Å². The van der Waals surface area contributed by atoms with Crippen LogP contribution in [0.2, 0.25) is 10.0 Å². The molecule has 7 heteroatoms. The van der Waals surface area contributed by atoms with Crippen LogP contribution in [0.1, 0.15) is 17.2 Å². The molecule has 26 heavy (non-hydrogen) atoms. The summed E-state index contributed by atoms with van der Waals surface area (Å²) in [6, 6.07) is 12.5. The molecule has 0 spiro atoms. The number of aliphatic hydroxyl groups excluding tert-OH is 1. The van der Waals surface area contributed by atoms with Gasteiger partial charge in [-0.1, -0.05) is 40.5 Å². The van der Waals surface area contributed by atoms with Crippen molar-refractivity contribution >= 4 is 34.5 Å². The minimum atomic E-state index is -0.964. The van der Waals surface area contributed by atoms with Gasteiger partial charge in [0.15, 0.2) is 5.76 Å². The number of hydrogen-bond donors (Lipinski definition) is 1. The average Bonchev–Trinajstić information content (AvgIpc) is 3.31. The number of thiophene rings is 1. The van der Waals surface area contributed by atoms with Gasteiger partial charge >= 0.3 is 0 Å². The zero-order valence-electron chi connectivity index (χ0n) is 13.3. The quantitative estimate of drug-likeness (QED) is 0.464. The summed E-state index contributed by atoms with van der Waals surface area (Å²) >= 11 is 13.9. The molecule has 4 rings (SSSR count). The fourth-order valence-corrected chi connectivity index (χ4v) is 3.93. The van der Waals surface area contributed by atoms with Crippen molar-refractivity contribution in [1.82, 2.24) is 10.1 Å². The Kier molecular flexibility index (Phi) is 4.78. The summed E-state index contributed by atoms with van der Waals surface area (Å²) in [5, 5.41) is 18.1.